The van der Waals surface area contributed by atoms with Crippen LogP contribution >= 0.6 is 0 Å². The normalized spacial score (nSPS) is 10.4. The van der Waals surface area contributed by atoms with Gasteiger partial charge in [-0.25, -0.2) is 8.78 Å². The van der Waals surface area contributed by atoms with Crippen molar-refractivity contribution in [3.8, 4) is 11.1 Å². The zero-order chi connectivity index (χ0) is 11.5. The third-order valence-electron chi connectivity index (χ3n) is 2.62. The van der Waals surface area contributed by atoms with E-state index in [1.54, 1.807) is 0 Å². The molecule has 0 amide bonds. The van der Waals surface area contributed by atoms with Crippen LogP contribution in [0.3, 0.4) is 0 Å². The van der Waals surface area contributed by atoms with E-state index in [1.807, 2.05) is 31.2 Å². The fraction of sp³-hybridized carbons (Fsp3) is 0.143. The third-order valence-corrected chi connectivity index (χ3v) is 2.62. The van der Waals surface area contributed by atoms with Gasteiger partial charge in [0, 0.05) is 11.6 Å². The van der Waals surface area contributed by atoms with Gasteiger partial charge in [0.25, 0.3) is 0 Å². The molecule has 0 aliphatic heterocycles. The van der Waals surface area contributed by atoms with E-state index in [-0.39, 0.29) is 0 Å². The Labute approximate surface area is 93.5 Å². The second kappa shape index (κ2) is 4.44. The first kappa shape index (κ1) is 10.8. The van der Waals surface area contributed by atoms with Gasteiger partial charge in [-0.15, -0.1) is 0 Å². The van der Waals surface area contributed by atoms with Gasteiger partial charge in [0.15, 0.2) is 0 Å². The number of halogens is 2. The number of rotatable bonds is 2. The van der Waals surface area contributed by atoms with Crippen LogP contribution in [0.25, 0.3) is 11.1 Å². The molecule has 0 N–H and O–H groups in total. The van der Waals surface area contributed by atoms with Gasteiger partial charge < -0.3 is 0 Å². The van der Waals surface area contributed by atoms with E-state index in [1.165, 1.54) is 12.1 Å². The molecular formula is C14H12F2. The molecular weight excluding hydrogens is 206 g/mol. The average molecular weight is 218 g/mol. The highest BCUT2D eigenvalue weighted by atomic mass is 19.1. The lowest BCUT2D eigenvalue weighted by molar-refractivity contribution is 0.585. The first-order valence-electron chi connectivity index (χ1n) is 5.25. The molecule has 0 saturated heterocycles. The minimum Gasteiger partial charge on any atom is -0.207 e. The minimum absolute atomic E-state index is 0.457. The summed E-state index contributed by atoms with van der Waals surface area (Å²) in [6.45, 7) is 2.01. The molecule has 2 heteroatoms. The quantitative estimate of drug-likeness (QED) is 0.708. The van der Waals surface area contributed by atoms with E-state index in [4.69, 9.17) is 0 Å². The van der Waals surface area contributed by atoms with E-state index in [2.05, 4.69) is 0 Å². The van der Waals surface area contributed by atoms with Crippen LogP contribution in [0.2, 0.25) is 0 Å². The molecule has 0 unspecified atom stereocenters. The van der Waals surface area contributed by atoms with E-state index >= 15 is 0 Å². The van der Waals surface area contributed by atoms with Crippen LogP contribution in [-0.4, -0.2) is 0 Å². The van der Waals surface area contributed by atoms with Gasteiger partial charge in [0.05, 0.1) is 0 Å². The first-order valence-corrected chi connectivity index (χ1v) is 5.25. The molecule has 16 heavy (non-hydrogen) atoms. The van der Waals surface area contributed by atoms with Crippen molar-refractivity contribution in [3.05, 3.63) is 59.7 Å². The van der Waals surface area contributed by atoms with Crippen molar-refractivity contribution in [1.82, 2.24) is 0 Å². The Balaban J connectivity index is 2.58. The number of hydrogen-bond acceptors (Lipinski definition) is 0. The van der Waals surface area contributed by atoms with E-state index in [0.29, 0.717) is 5.56 Å². The molecule has 0 spiro atoms. The molecule has 0 aliphatic rings. The molecule has 0 radical (unpaired) electrons. The van der Waals surface area contributed by atoms with Gasteiger partial charge in [-0.1, -0.05) is 31.2 Å². The fourth-order valence-electron chi connectivity index (χ4n) is 1.80. The largest absolute Gasteiger partial charge is 0.207 e. The van der Waals surface area contributed by atoms with Crippen LogP contribution in [-0.2, 0) is 6.42 Å². The predicted molar refractivity (Wildman–Crippen MR) is 61.2 cm³/mol. The summed E-state index contributed by atoms with van der Waals surface area (Å²) in [5, 5.41) is 0. The van der Waals surface area contributed by atoms with E-state index in [0.717, 1.165) is 23.6 Å². The number of benzene rings is 2. The smallest absolute Gasteiger partial charge is 0.133 e. The van der Waals surface area contributed by atoms with Crippen LogP contribution in [0, 0.1) is 11.6 Å². The highest BCUT2D eigenvalue weighted by molar-refractivity contribution is 5.67. The van der Waals surface area contributed by atoms with Gasteiger partial charge in [-0.2, -0.15) is 0 Å². The topological polar surface area (TPSA) is 0 Å². The maximum atomic E-state index is 13.6. The van der Waals surface area contributed by atoms with Crippen molar-refractivity contribution >= 4 is 0 Å². The van der Waals surface area contributed by atoms with Crippen LogP contribution in [0.4, 0.5) is 8.78 Å². The summed E-state index contributed by atoms with van der Waals surface area (Å²) in [6, 6.07) is 11.3. The summed E-state index contributed by atoms with van der Waals surface area (Å²) in [5.74, 6) is -1.06. The standard InChI is InChI=1S/C14H12F2/c1-2-10-5-3-4-6-12(10)13-8-7-11(15)9-14(13)16/h3-9H,2H2,1H3. The SMILES string of the molecule is CCc1ccccc1-c1ccc(F)cc1F. The van der Waals surface area contributed by atoms with Crippen molar-refractivity contribution in [3.63, 3.8) is 0 Å². The maximum Gasteiger partial charge on any atom is 0.133 e. The molecule has 0 bridgehead atoms. The molecule has 0 heterocycles. The molecule has 0 aliphatic carbocycles. The summed E-state index contributed by atoms with van der Waals surface area (Å²) in [5.41, 5.74) is 2.36. The Kier molecular flexibility index (Phi) is 3.00. The highest BCUT2D eigenvalue weighted by Crippen LogP contribution is 2.27. The zero-order valence-electron chi connectivity index (χ0n) is 9.00. The molecule has 0 saturated carbocycles. The van der Waals surface area contributed by atoms with Crippen LogP contribution < -0.4 is 0 Å². The summed E-state index contributed by atoms with van der Waals surface area (Å²) in [4.78, 5) is 0. The van der Waals surface area contributed by atoms with Crippen LogP contribution in [0.15, 0.2) is 42.5 Å². The second-order valence-corrected chi connectivity index (χ2v) is 3.63. The molecule has 0 fully saturated rings. The lowest BCUT2D eigenvalue weighted by Gasteiger charge is -2.08. The van der Waals surface area contributed by atoms with Gasteiger partial charge in [0.2, 0.25) is 0 Å². The predicted octanol–water partition coefficient (Wildman–Crippen LogP) is 4.19. The fourth-order valence-corrected chi connectivity index (χ4v) is 1.80. The summed E-state index contributed by atoms with van der Waals surface area (Å²) in [7, 11) is 0. The molecule has 0 atom stereocenters. The Bertz CT molecular complexity index is 504. The molecule has 2 rings (SSSR count). The van der Waals surface area contributed by atoms with Crippen molar-refractivity contribution in [2.75, 3.05) is 0 Å². The summed E-state index contributed by atoms with van der Waals surface area (Å²) < 4.78 is 26.4. The zero-order valence-corrected chi connectivity index (χ0v) is 9.00. The summed E-state index contributed by atoms with van der Waals surface area (Å²) in [6.07, 6.45) is 0.826. The Morgan fingerprint density at radius 1 is 0.938 bits per heavy atom. The third kappa shape index (κ3) is 1.96. The highest BCUT2D eigenvalue weighted by Gasteiger charge is 2.08. The second-order valence-electron chi connectivity index (χ2n) is 3.63. The van der Waals surface area contributed by atoms with Crippen molar-refractivity contribution in [2.24, 2.45) is 0 Å². The Morgan fingerprint density at radius 2 is 1.69 bits per heavy atom. The summed E-state index contributed by atoms with van der Waals surface area (Å²) >= 11 is 0. The lowest BCUT2D eigenvalue weighted by atomic mass is 9.98. The maximum absolute atomic E-state index is 13.6. The lowest BCUT2D eigenvalue weighted by Crippen LogP contribution is -1.91. The first-order chi connectivity index (χ1) is 7.72. The van der Waals surface area contributed by atoms with Crippen molar-refractivity contribution in [2.45, 2.75) is 13.3 Å². The van der Waals surface area contributed by atoms with Gasteiger partial charge in [-0.3, -0.25) is 0 Å². The molecule has 0 nitrogen and oxygen atoms in total. The van der Waals surface area contributed by atoms with E-state index < -0.39 is 11.6 Å². The van der Waals surface area contributed by atoms with Gasteiger partial charge in [-0.05, 0) is 29.7 Å². The van der Waals surface area contributed by atoms with Crippen molar-refractivity contribution < 1.29 is 8.78 Å². The Morgan fingerprint density at radius 3 is 2.38 bits per heavy atom. The molecule has 2 aromatic rings. The van der Waals surface area contributed by atoms with Crippen LogP contribution in [0.5, 0.6) is 0 Å². The number of hydrogen-bond donors (Lipinski definition) is 0. The monoisotopic (exact) mass is 218 g/mol. The van der Waals surface area contributed by atoms with Crippen LogP contribution in [0.1, 0.15) is 12.5 Å². The Hall–Kier alpha value is -1.70. The van der Waals surface area contributed by atoms with Gasteiger partial charge >= 0.3 is 0 Å². The molecule has 82 valence electrons. The minimum atomic E-state index is -0.546. The van der Waals surface area contributed by atoms with Gasteiger partial charge in [0.1, 0.15) is 11.6 Å². The average Bonchev–Trinajstić information content (AvgIpc) is 2.29. The molecule has 2 aromatic carbocycles. The number of aryl methyl sites for hydroxylation is 1. The van der Waals surface area contributed by atoms with E-state index in [9.17, 15) is 8.78 Å². The molecule has 0 aromatic heterocycles. The van der Waals surface area contributed by atoms with Crippen molar-refractivity contribution in [1.29, 1.82) is 0 Å².